The van der Waals surface area contributed by atoms with E-state index in [4.69, 9.17) is 0 Å². The summed E-state index contributed by atoms with van der Waals surface area (Å²) in [5.41, 5.74) is 1.43. The smallest absolute Gasteiger partial charge is 0.186 e. The number of rotatable bonds is 4. The first-order chi connectivity index (χ1) is 10.2. The van der Waals surface area contributed by atoms with E-state index in [1.807, 2.05) is 24.3 Å². The van der Waals surface area contributed by atoms with Crippen LogP contribution in [0.5, 0.6) is 0 Å². The number of fused-ring (bicyclic) bond motifs is 1. The highest BCUT2D eigenvalue weighted by molar-refractivity contribution is 8.03. The maximum absolute atomic E-state index is 12.8. The Morgan fingerprint density at radius 2 is 1.90 bits per heavy atom. The molecule has 0 N–H and O–H groups in total. The van der Waals surface area contributed by atoms with E-state index < -0.39 is 0 Å². The largest absolute Gasteiger partial charge is 0.289 e. The van der Waals surface area contributed by atoms with Gasteiger partial charge in [0.25, 0.3) is 0 Å². The average Bonchev–Trinajstić information content (AvgIpc) is 2.90. The Labute approximate surface area is 129 Å². The van der Waals surface area contributed by atoms with Crippen LogP contribution in [0, 0.1) is 5.82 Å². The molecule has 3 aromatic rings. The Bertz CT molecular complexity index is 776. The molecule has 0 saturated carbocycles. The van der Waals surface area contributed by atoms with E-state index in [1.54, 1.807) is 16.7 Å². The van der Waals surface area contributed by atoms with Crippen molar-refractivity contribution in [3.63, 3.8) is 0 Å². The fraction of sp³-hybridized carbons (Fsp3) is 0. The van der Waals surface area contributed by atoms with Gasteiger partial charge in [0.2, 0.25) is 0 Å². The van der Waals surface area contributed by atoms with Gasteiger partial charge in [0.05, 0.1) is 10.2 Å². The topological polar surface area (TPSA) is 30.0 Å². The number of para-hydroxylation sites is 1. The predicted molar refractivity (Wildman–Crippen MR) is 85.3 cm³/mol. The van der Waals surface area contributed by atoms with Crippen LogP contribution in [-0.4, -0.2) is 10.8 Å². The third kappa shape index (κ3) is 3.37. The summed E-state index contributed by atoms with van der Waals surface area (Å²) in [5, 5.41) is 1.71. The molecular formula is C16H10FNOS2. The molecule has 0 spiro atoms. The second kappa shape index (κ2) is 6.20. The van der Waals surface area contributed by atoms with Gasteiger partial charge in [-0.3, -0.25) is 4.79 Å². The maximum atomic E-state index is 12.8. The van der Waals surface area contributed by atoms with Crippen molar-refractivity contribution in [2.45, 2.75) is 4.34 Å². The minimum Gasteiger partial charge on any atom is -0.289 e. The number of allylic oxidation sites excluding steroid dienone is 1. The number of hydrogen-bond donors (Lipinski definition) is 0. The van der Waals surface area contributed by atoms with Crippen molar-refractivity contribution < 1.29 is 9.18 Å². The van der Waals surface area contributed by atoms with Gasteiger partial charge in [0, 0.05) is 5.56 Å². The number of halogens is 1. The Hall–Kier alpha value is -1.98. The minimum absolute atomic E-state index is 0.149. The lowest BCUT2D eigenvalue weighted by atomic mass is 10.1. The minimum atomic E-state index is -0.348. The summed E-state index contributed by atoms with van der Waals surface area (Å²) < 4.78 is 14.8. The van der Waals surface area contributed by atoms with Crippen molar-refractivity contribution in [3.05, 3.63) is 71.4 Å². The molecule has 2 nitrogen and oxygen atoms in total. The molecule has 21 heavy (non-hydrogen) atoms. The molecule has 5 heteroatoms. The SMILES string of the molecule is O=C(/C=C/Sc1nc2ccccc2s1)c1ccc(F)cc1. The molecule has 0 radical (unpaired) electrons. The van der Waals surface area contributed by atoms with Crippen molar-refractivity contribution in [2.24, 2.45) is 0 Å². The van der Waals surface area contributed by atoms with Crippen molar-refractivity contribution in [1.82, 2.24) is 4.98 Å². The molecule has 0 aliphatic heterocycles. The lowest BCUT2D eigenvalue weighted by Gasteiger charge is -1.94. The summed E-state index contributed by atoms with van der Waals surface area (Å²) in [4.78, 5) is 16.3. The fourth-order valence-electron chi connectivity index (χ4n) is 1.77. The first kappa shape index (κ1) is 14.0. The van der Waals surface area contributed by atoms with Crippen LogP contribution in [0.4, 0.5) is 4.39 Å². The quantitative estimate of drug-likeness (QED) is 0.389. The van der Waals surface area contributed by atoms with Crippen LogP contribution in [0.25, 0.3) is 10.2 Å². The summed E-state index contributed by atoms with van der Waals surface area (Å²) in [7, 11) is 0. The number of benzene rings is 2. The van der Waals surface area contributed by atoms with Crippen LogP contribution >= 0.6 is 23.1 Å². The Morgan fingerprint density at radius 1 is 1.14 bits per heavy atom. The number of aromatic nitrogens is 1. The highest BCUT2D eigenvalue weighted by Crippen LogP contribution is 2.29. The molecule has 0 aliphatic rings. The van der Waals surface area contributed by atoms with E-state index >= 15 is 0 Å². The van der Waals surface area contributed by atoms with Crippen molar-refractivity contribution >= 4 is 39.1 Å². The summed E-state index contributed by atoms with van der Waals surface area (Å²) in [6.45, 7) is 0. The summed E-state index contributed by atoms with van der Waals surface area (Å²) in [5.74, 6) is -0.497. The molecule has 0 amide bonds. The molecule has 0 saturated heterocycles. The maximum Gasteiger partial charge on any atom is 0.186 e. The van der Waals surface area contributed by atoms with Gasteiger partial charge in [-0.1, -0.05) is 23.9 Å². The second-order valence-corrected chi connectivity index (χ2v) is 6.42. The molecule has 0 unspecified atom stereocenters. The van der Waals surface area contributed by atoms with E-state index in [0.717, 1.165) is 14.6 Å². The normalized spacial score (nSPS) is 11.3. The van der Waals surface area contributed by atoms with Crippen LogP contribution in [0.1, 0.15) is 10.4 Å². The monoisotopic (exact) mass is 315 g/mol. The molecule has 0 fully saturated rings. The van der Waals surface area contributed by atoms with Gasteiger partial charge in [-0.05, 0) is 47.9 Å². The zero-order valence-electron chi connectivity index (χ0n) is 10.8. The third-order valence-corrected chi connectivity index (χ3v) is 4.73. The van der Waals surface area contributed by atoms with Gasteiger partial charge < -0.3 is 0 Å². The van der Waals surface area contributed by atoms with E-state index in [-0.39, 0.29) is 11.6 Å². The van der Waals surface area contributed by atoms with Crippen LogP contribution in [-0.2, 0) is 0 Å². The van der Waals surface area contributed by atoms with Gasteiger partial charge in [-0.25, -0.2) is 9.37 Å². The van der Waals surface area contributed by atoms with Gasteiger partial charge in [0.1, 0.15) is 5.82 Å². The first-order valence-electron chi connectivity index (χ1n) is 6.21. The summed E-state index contributed by atoms with van der Waals surface area (Å²) >= 11 is 2.99. The molecule has 104 valence electrons. The lowest BCUT2D eigenvalue weighted by Crippen LogP contribution is -1.93. The highest BCUT2D eigenvalue weighted by atomic mass is 32.2. The molecule has 0 bridgehead atoms. The van der Waals surface area contributed by atoms with Gasteiger partial charge in [-0.15, -0.1) is 11.3 Å². The number of hydrogen-bond acceptors (Lipinski definition) is 4. The predicted octanol–water partition coefficient (Wildman–Crippen LogP) is 4.92. The van der Waals surface area contributed by atoms with Crippen molar-refractivity contribution in [3.8, 4) is 0 Å². The molecule has 2 aromatic carbocycles. The third-order valence-electron chi connectivity index (χ3n) is 2.79. The Morgan fingerprint density at radius 3 is 2.67 bits per heavy atom. The standard InChI is InChI=1S/C16H10FNOS2/c17-12-7-5-11(6-8-12)14(19)9-10-20-16-18-13-3-1-2-4-15(13)21-16/h1-10H/b10-9+. The number of carbonyl (C=O) groups is 1. The van der Waals surface area contributed by atoms with Crippen LogP contribution < -0.4 is 0 Å². The molecule has 1 aromatic heterocycles. The fourth-order valence-corrected chi connectivity index (χ4v) is 3.55. The second-order valence-electron chi connectivity index (χ2n) is 4.24. The van der Waals surface area contributed by atoms with Crippen LogP contribution in [0.15, 0.2) is 64.4 Å². The van der Waals surface area contributed by atoms with Crippen LogP contribution in [0.3, 0.4) is 0 Å². The average molecular weight is 315 g/mol. The summed E-state index contributed by atoms with van der Waals surface area (Å²) in [6, 6.07) is 13.4. The van der Waals surface area contributed by atoms with E-state index in [9.17, 15) is 9.18 Å². The van der Waals surface area contributed by atoms with E-state index in [1.165, 1.54) is 42.1 Å². The number of ketones is 1. The van der Waals surface area contributed by atoms with E-state index in [0.29, 0.717) is 5.56 Å². The molecular weight excluding hydrogens is 305 g/mol. The van der Waals surface area contributed by atoms with Gasteiger partial charge in [0.15, 0.2) is 10.1 Å². The number of thiazole rings is 1. The lowest BCUT2D eigenvalue weighted by molar-refractivity contribution is 0.104. The number of carbonyl (C=O) groups excluding carboxylic acids is 1. The molecule has 1 heterocycles. The Balaban J connectivity index is 1.68. The molecule has 0 atom stereocenters. The highest BCUT2D eigenvalue weighted by Gasteiger charge is 2.04. The zero-order valence-corrected chi connectivity index (χ0v) is 12.5. The van der Waals surface area contributed by atoms with Gasteiger partial charge in [-0.2, -0.15) is 0 Å². The number of thioether (sulfide) groups is 1. The Kier molecular flexibility index (Phi) is 4.13. The number of nitrogens with zero attached hydrogens (tertiary/aromatic N) is 1. The molecule has 3 rings (SSSR count). The van der Waals surface area contributed by atoms with Gasteiger partial charge >= 0.3 is 0 Å². The van der Waals surface area contributed by atoms with Crippen molar-refractivity contribution in [1.29, 1.82) is 0 Å². The van der Waals surface area contributed by atoms with E-state index in [2.05, 4.69) is 4.98 Å². The van der Waals surface area contributed by atoms with Crippen LogP contribution in [0.2, 0.25) is 0 Å². The van der Waals surface area contributed by atoms with Crippen molar-refractivity contribution in [2.75, 3.05) is 0 Å². The molecule has 0 aliphatic carbocycles. The first-order valence-corrected chi connectivity index (χ1v) is 7.91. The summed E-state index contributed by atoms with van der Waals surface area (Å²) in [6.07, 6.45) is 1.48. The zero-order chi connectivity index (χ0) is 14.7.